The third-order valence-electron chi connectivity index (χ3n) is 3.05. The van der Waals surface area contributed by atoms with Crippen LogP contribution in [-0.2, 0) is 7.05 Å². The molecule has 2 rings (SSSR count). The number of nitrogens with zero attached hydrogens (tertiary/aromatic N) is 2. The fourth-order valence-electron chi connectivity index (χ4n) is 2.01. The maximum atomic E-state index is 5.45. The van der Waals surface area contributed by atoms with Crippen molar-refractivity contribution in [3.8, 4) is 5.75 Å². The van der Waals surface area contributed by atoms with E-state index in [1.165, 1.54) is 5.56 Å². The van der Waals surface area contributed by atoms with Gasteiger partial charge in [0.1, 0.15) is 5.75 Å². The van der Waals surface area contributed by atoms with E-state index >= 15 is 0 Å². The van der Waals surface area contributed by atoms with Gasteiger partial charge in [0.2, 0.25) is 0 Å². The predicted octanol–water partition coefficient (Wildman–Crippen LogP) is 3.72. The lowest BCUT2D eigenvalue weighted by Crippen LogP contribution is -1.94. The highest BCUT2D eigenvalue weighted by Crippen LogP contribution is 2.27. The zero-order valence-corrected chi connectivity index (χ0v) is 11.9. The van der Waals surface area contributed by atoms with Crippen LogP contribution in [0.15, 0.2) is 30.7 Å². The van der Waals surface area contributed by atoms with Crippen molar-refractivity contribution in [2.45, 2.75) is 19.8 Å². The molecule has 2 aromatic rings. The van der Waals surface area contributed by atoms with Gasteiger partial charge >= 0.3 is 0 Å². The summed E-state index contributed by atoms with van der Waals surface area (Å²) < 4.78 is 7.38. The van der Waals surface area contributed by atoms with Crippen LogP contribution in [0, 0.1) is 0 Å². The lowest BCUT2D eigenvalue weighted by Gasteiger charge is -2.12. The van der Waals surface area contributed by atoms with Crippen LogP contribution in [0.1, 0.15) is 36.6 Å². The van der Waals surface area contributed by atoms with Gasteiger partial charge in [-0.3, -0.25) is 0 Å². The van der Waals surface area contributed by atoms with Crippen molar-refractivity contribution in [1.82, 2.24) is 9.55 Å². The van der Waals surface area contributed by atoms with E-state index in [4.69, 9.17) is 4.74 Å². The molecule has 0 saturated carbocycles. The van der Waals surface area contributed by atoms with Gasteiger partial charge in [-0.2, -0.15) is 0 Å². The first-order valence-corrected chi connectivity index (χ1v) is 6.44. The lowest BCUT2D eigenvalue weighted by atomic mass is 10.00. The van der Waals surface area contributed by atoms with Crippen LogP contribution in [0.25, 0.3) is 12.2 Å². The molecule has 0 N–H and O–H groups in total. The van der Waals surface area contributed by atoms with E-state index in [-0.39, 0.29) is 0 Å². The predicted molar refractivity (Wildman–Crippen MR) is 79.2 cm³/mol. The van der Waals surface area contributed by atoms with E-state index in [9.17, 15) is 0 Å². The minimum absolute atomic E-state index is 0.462. The summed E-state index contributed by atoms with van der Waals surface area (Å²) in [4.78, 5) is 4.26. The molecule has 0 spiro atoms. The Kier molecular flexibility index (Phi) is 4.05. The fourth-order valence-corrected chi connectivity index (χ4v) is 2.01. The second-order valence-electron chi connectivity index (χ2n) is 4.95. The zero-order valence-electron chi connectivity index (χ0n) is 11.9. The Labute approximate surface area is 114 Å². The van der Waals surface area contributed by atoms with Crippen molar-refractivity contribution in [1.29, 1.82) is 0 Å². The van der Waals surface area contributed by atoms with Crippen LogP contribution in [0.5, 0.6) is 5.75 Å². The van der Waals surface area contributed by atoms with E-state index in [0.717, 1.165) is 17.0 Å². The Balaban J connectivity index is 2.24. The molecule has 19 heavy (non-hydrogen) atoms. The third-order valence-corrected chi connectivity index (χ3v) is 3.05. The molecule has 0 bridgehead atoms. The van der Waals surface area contributed by atoms with Crippen molar-refractivity contribution in [2.24, 2.45) is 7.05 Å². The van der Waals surface area contributed by atoms with E-state index < -0.39 is 0 Å². The Bertz CT molecular complexity index is 582. The summed E-state index contributed by atoms with van der Waals surface area (Å²) in [7, 11) is 3.68. The average molecular weight is 256 g/mol. The van der Waals surface area contributed by atoms with Crippen molar-refractivity contribution in [2.75, 3.05) is 7.11 Å². The number of hydrogen-bond donors (Lipinski definition) is 0. The molecule has 0 unspecified atom stereocenters. The number of hydrogen-bond acceptors (Lipinski definition) is 2. The first kappa shape index (κ1) is 13.4. The molecule has 0 fully saturated rings. The monoisotopic (exact) mass is 256 g/mol. The Morgan fingerprint density at radius 2 is 2.05 bits per heavy atom. The van der Waals surface area contributed by atoms with Gasteiger partial charge in [-0.25, -0.2) is 4.98 Å². The molecule has 0 atom stereocenters. The Hall–Kier alpha value is -2.03. The maximum Gasteiger partial charge on any atom is 0.122 e. The second-order valence-corrected chi connectivity index (χ2v) is 4.95. The van der Waals surface area contributed by atoms with Crippen LogP contribution in [0.4, 0.5) is 0 Å². The highest BCUT2D eigenvalue weighted by atomic mass is 16.5. The Morgan fingerprint density at radius 1 is 1.26 bits per heavy atom. The summed E-state index contributed by atoms with van der Waals surface area (Å²) in [6, 6.07) is 6.30. The standard InChI is InChI=1S/C16H20N2O/c1-12(2)15-8-6-13(9-16(15)19-4)5-7-14-10-18(3)11-17-14/h5-12H,1-4H3/b7-5+. The first-order chi connectivity index (χ1) is 9.10. The first-order valence-electron chi connectivity index (χ1n) is 6.44. The highest BCUT2D eigenvalue weighted by molar-refractivity contribution is 5.68. The van der Waals surface area contributed by atoms with Crippen LogP contribution in [0.2, 0.25) is 0 Å². The molecular weight excluding hydrogens is 236 g/mol. The number of imidazole rings is 1. The summed E-state index contributed by atoms with van der Waals surface area (Å²) in [5.41, 5.74) is 3.30. The third kappa shape index (κ3) is 3.25. The topological polar surface area (TPSA) is 27.1 Å². The molecule has 3 nitrogen and oxygen atoms in total. The van der Waals surface area contributed by atoms with Crippen molar-refractivity contribution in [3.63, 3.8) is 0 Å². The minimum Gasteiger partial charge on any atom is -0.496 e. The molecule has 0 saturated heterocycles. The second kappa shape index (κ2) is 5.74. The van der Waals surface area contributed by atoms with Crippen molar-refractivity contribution >= 4 is 12.2 Å². The van der Waals surface area contributed by atoms with Crippen LogP contribution < -0.4 is 4.74 Å². The normalized spacial score (nSPS) is 11.4. The zero-order chi connectivity index (χ0) is 13.8. The molecule has 1 aromatic carbocycles. The smallest absolute Gasteiger partial charge is 0.122 e. The molecule has 0 aliphatic carbocycles. The number of benzene rings is 1. The maximum absolute atomic E-state index is 5.45. The SMILES string of the molecule is COc1cc(/C=C/c2cn(C)cn2)ccc1C(C)C. The molecule has 100 valence electrons. The van der Waals surface area contributed by atoms with E-state index in [2.05, 4.69) is 43.1 Å². The molecule has 1 aromatic heterocycles. The number of methoxy groups -OCH3 is 1. The Morgan fingerprint density at radius 3 is 2.63 bits per heavy atom. The molecule has 0 radical (unpaired) electrons. The molecule has 0 aliphatic heterocycles. The summed E-state index contributed by atoms with van der Waals surface area (Å²) in [6.07, 6.45) is 7.83. The number of rotatable bonds is 4. The van der Waals surface area contributed by atoms with Gasteiger partial charge in [0, 0.05) is 13.2 Å². The van der Waals surface area contributed by atoms with Crippen LogP contribution in [0.3, 0.4) is 0 Å². The van der Waals surface area contributed by atoms with Crippen molar-refractivity contribution in [3.05, 3.63) is 47.5 Å². The van der Waals surface area contributed by atoms with Gasteiger partial charge in [0.05, 0.1) is 19.1 Å². The average Bonchev–Trinajstić information content (AvgIpc) is 2.81. The summed E-state index contributed by atoms with van der Waals surface area (Å²) in [5, 5.41) is 0. The molecule has 3 heteroatoms. The van der Waals surface area contributed by atoms with Gasteiger partial charge in [-0.05, 0) is 29.2 Å². The molecule has 0 amide bonds. The van der Waals surface area contributed by atoms with E-state index in [1.807, 2.05) is 23.9 Å². The highest BCUT2D eigenvalue weighted by Gasteiger charge is 2.06. The van der Waals surface area contributed by atoms with Gasteiger partial charge in [-0.1, -0.05) is 32.1 Å². The molecule has 0 aliphatic rings. The summed E-state index contributed by atoms with van der Waals surface area (Å²) in [6.45, 7) is 4.34. The van der Waals surface area contributed by atoms with Gasteiger partial charge in [0.15, 0.2) is 0 Å². The van der Waals surface area contributed by atoms with E-state index in [1.54, 1.807) is 13.4 Å². The lowest BCUT2D eigenvalue weighted by molar-refractivity contribution is 0.407. The largest absolute Gasteiger partial charge is 0.496 e. The molecule has 1 heterocycles. The fraction of sp³-hybridized carbons (Fsp3) is 0.312. The van der Waals surface area contributed by atoms with Gasteiger partial charge in [0.25, 0.3) is 0 Å². The quantitative estimate of drug-likeness (QED) is 0.833. The van der Waals surface area contributed by atoms with Gasteiger partial charge in [-0.15, -0.1) is 0 Å². The van der Waals surface area contributed by atoms with Crippen molar-refractivity contribution < 1.29 is 4.74 Å². The summed E-state index contributed by atoms with van der Waals surface area (Å²) in [5.74, 6) is 1.40. The number of ether oxygens (including phenoxy) is 1. The van der Waals surface area contributed by atoms with E-state index in [0.29, 0.717) is 5.92 Å². The van der Waals surface area contributed by atoms with Gasteiger partial charge < -0.3 is 9.30 Å². The number of aromatic nitrogens is 2. The molecular formula is C16H20N2O. The minimum atomic E-state index is 0.462. The van der Waals surface area contributed by atoms with Crippen LogP contribution >= 0.6 is 0 Å². The summed E-state index contributed by atoms with van der Waals surface area (Å²) >= 11 is 0. The van der Waals surface area contributed by atoms with Crippen LogP contribution in [-0.4, -0.2) is 16.7 Å². The number of aryl methyl sites for hydroxylation is 1.